The molecule has 0 amide bonds. The number of rotatable bonds is 3. The summed E-state index contributed by atoms with van der Waals surface area (Å²) in [5, 5.41) is 9.16. The normalized spacial score (nSPS) is 14.5. The van der Waals surface area contributed by atoms with Crippen LogP contribution in [-0.4, -0.2) is 18.2 Å². The average Bonchev–Trinajstić information content (AvgIpc) is 1.97. The molecule has 0 aromatic heterocycles. The summed E-state index contributed by atoms with van der Waals surface area (Å²) < 4.78 is 4.82. The van der Waals surface area contributed by atoms with Crippen molar-refractivity contribution in [3.05, 3.63) is 21.4 Å². The lowest BCUT2D eigenvalue weighted by Crippen LogP contribution is -2.07. The number of carboxylic acids is 1. The molecule has 3 nitrogen and oxygen atoms in total. The Morgan fingerprint density at radius 3 is 1.77 bits per heavy atom. The second kappa shape index (κ2) is 5.14. The summed E-state index contributed by atoms with van der Waals surface area (Å²) in [6.07, 6.45) is 0. The summed E-state index contributed by atoms with van der Waals surface area (Å²) in [5.41, 5.74) is -0.114. The van der Waals surface area contributed by atoms with E-state index < -0.39 is 5.97 Å². The smallest absolute Gasteiger partial charge is 0.340 e. The van der Waals surface area contributed by atoms with E-state index in [1.165, 1.54) is 21.0 Å². The first-order chi connectivity index (χ1) is 5.91. The Kier molecular flexibility index (Phi) is 4.88. The molecule has 0 aromatic carbocycles. The molecule has 0 aliphatic heterocycles. The van der Waals surface area contributed by atoms with Crippen LogP contribution in [0.1, 0.15) is 13.8 Å². The number of hydrogen-bond acceptors (Lipinski definition) is 2. The topological polar surface area (TPSA) is 46.5 Å². The van der Waals surface area contributed by atoms with Gasteiger partial charge in [-0.2, -0.15) is 0 Å². The minimum atomic E-state index is -1.16. The molecule has 74 valence electrons. The van der Waals surface area contributed by atoms with Gasteiger partial charge < -0.3 is 9.84 Å². The fourth-order valence-electron chi connectivity index (χ4n) is 0.816. The van der Waals surface area contributed by atoms with Gasteiger partial charge >= 0.3 is 5.97 Å². The predicted octanol–water partition coefficient (Wildman–Crippen LogP) is 2.70. The molecule has 0 unspecified atom stereocenters. The standard InChI is InChI=1S/C8H10Cl2O3/c1-4(9)6(8(11)12)7(13-3)5(2)10/h1-3H3,(H,11,12). The van der Waals surface area contributed by atoms with Crippen LogP contribution in [0.2, 0.25) is 0 Å². The largest absolute Gasteiger partial charge is 0.495 e. The molecule has 0 aliphatic rings. The van der Waals surface area contributed by atoms with E-state index in [4.69, 9.17) is 33.0 Å². The van der Waals surface area contributed by atoms with Gasteiger partial charge in [0.05, 0.1) is 12.1 Å². The first-order valence-electron chi connectivity index (χ1n) is 3.42. The van der Waals surface area contributed by atoms with Gasteiger partial charge in [-0.05, 0) is 13.8 Å². The molecule has 0 radical (unpaired) electrons. The number of allylic oxidation sites excluding steroid dienone is 2. The van der Waals surface area contributed by atoms with Crippen molar-refractivity contribution in [2.75, 3.05) is 7.11 Å². The van der Waals surface area contributed by atoms with Crippen LogP contribution in [0.15, 0.2) is 21.4 Å². The van der Waals surface area contributed by atoms with Gasteiger partial charge in [-0.25, -0.2) is 4.79 Å². The van der Waals surface area contributed by atoms with E-state index >= 15 is 0 Å². The SMILES string of the molecule is COC(=C(C)Cl)C(C(=O)O)=C(C)Cl. The maximum Gasteiger partial charge on any atom is 0.340 e. The summed E-state index contributed by atoms with van der Waals surface area (Å²) in [6, 6.07) is 0. The summed E-state index contributed by atoms with van der Waals surface area (Å²) in [7, 11) is 1.34. The molecular weight excluding hydrogens is 215 g/mol. The van der Waals surface area contributed by atoms with Gasteiger partial charge in [-0.15, -0.1) is 0 Å². The molecular formula is C8H10Cl2O3. The van der Waals surface area contributed by atoms with Crippen molar-refractivity contribution < 1.29 is 14.6 Å². The van der Waals surface area contributed by atoms with Crippen molar-refractivity contribution in [2.45, 2.75) is 13.8 Å². The third-order valence-electron chi connectivity index (χ3n) is 1.30. The van der Waals surface area contributed by atoms with Crippen molar-refractivity contribution in [1.82, 2.24) is 0 Å². The second-order valence-electron chi connectivity index (χ2n) is 2.28. The monoisotopic (exact) mass is 224 g/mol. The van der Waals surface area contributed by atoms with E-state index in [9.17, 15) is 4.79 Å². The Hall–Kier alpha value is -0.670. The van der Waals surface area contributed by atoms with Gasteiger partial charge in [-0.3, -0.25) is 0 Å². The summed E-state index contributed by atoms with van der Waals surface area (Å²) >= 11 is 11.2. The molecule has 0 saturated carbocycles. The number of carbonyl (C=O) groups is 1. The van der Waals surface area contributed by atoms with Gasteiger partial charge in [0.25, 0.3) is 0 Å². The molecule has 0 aromatic rings. The highest BCUT2D eigenvalue weighted by molar-refractivity contribution is 6.33. The van der Waals surface area contributed by atoms with Crippen LogP contribution in [0.25, 0.3) is 0 Å². The predicted molar refractivity (Wildman–Crippen MR) is 51.8 cm³/mol. The summed E-state index contributed by atoms with van der Waals surface area (Å²) in [4.78, 5) is 10.7. The molecule has 0 bridgehead atoms. The summed E-state index contributed by atoms with van der Waals surface area (Å²) in [6.45, 7) is 2.99. The number of aliphatic carboxylic acids is 1. The lowest BCUT2D eigenvalue weighted by Gasteiger charge is -2.08. The lowest BCUT2D eigenvalue weighted by atomic mass is 10.2. The van der Waals surface area contributed by atoms with Gasteiger partial charge in [0.2, 0.25) is 0 Å². The number of hydrogen-bond donors (Lipinski definition) is 1. The van der Waals surface area contributed by atoms with Crippen molar-refractivity contribution in [3.8, 4) is 0 Å². The van der Waals surface area contributed by atoms with Gasteiger partial charge in [0.15, 0.2) is 0 Å². The van der Waals surface area contributed by atoms with Crippen molar-refractivity contribution in [2.24, 2.45) is 0 Å². The molecule has 0 aliphatic carbocycles. The molecule has 0 heterocycles. The zero-order valence-electron chi connectivity index (χ0n) is 7.52. The van der Waals surface area contributed by atoms with Crippen LogP contribution in [0.4, 0.5) is 0 Å². The van der Waals surface area contributed by atoms with Crippen molar-refractivity contribution >= 4 is 29.2 Å². The maximum atomic E-state index is 10.7. The van der Waals surface area contributed by atoms with Crippen LogP contribution in [0.5, 0.6) is 0 Å². The Balaban J connectivity index is 5.34. The van der Waals surface area contributed by atoms with Crippen LogP contribution >= 0.6 is 23.2 Å². The van der Waals surface area contributed by atoms with E-state index in [-0.39, 0.29) is 21.4 Å². The highest BCUT2D eigenvalue weighted by Crippen LogP contribution is 2.23. The van der Waals surface area contributed by atoms with Crippen LogP contribution in [0.3, 0.4) is 0 Å². The number of methoxy groups -OCH3 is 1. The molecule has 0 atom stereocenters. The lowest BCUT2D eigenvalue weighted by molar-refractivity contribution is -0.132. The van der Waals surface area contributed by atoms with Crippen molar-refractivity contribution in [1.29, 1.82) is 0 Å². The second-order valence-corrected chi connectivity index (χ2v) is 3.41. The third-order valence-corrected chi connectivity index (χ3v) is 1.66. The van der Waals surface area contributed by atoms with Crippen molar-refractivity contribution in [3.63, 3.8) is 0 Å². The zero-order valence-corrected chi connectivity index (χ0v) is 9.03. The summed E-state index contributed by atoms with van der Waals surface area (Å²) in [5.74, 6) is -1.08. The molecule has 0 saturated heterocycles. The molecule has 0 rings (SSSR count). The van der Waals surface area contributed by atoms with Crippen LogP contribution in [-0.2, 0) is 9.53 Å². The Morgan fingerprint density at radius 2 is 1.69 bits per heavy atom. The highest BCUT2D eigenvalue weighted by atomic mass is 35.5. The quantitative estimate of drug-likeness (QED) is 0.456. The van der Waals surface area contributed by atoms with Crippen LogP contribution < -0.4 is 0 Å². The fraction of sp³-hybridized carbons (Fsp3) is 0.375. The van der Waals surface area contributed by atoms with E-state index in [0.717, 1.165) is 0 Å². The minimum absolute atomic E-state index is 0.0849. The fourth-order valence-corrected chi connectivity index (χ4v) is 1.15. The van der Waals surface area contributed by atoms with E-state index in [2.05, 4.69) is 0 Å². The zero-order chi connectivity index (χ0) is 10.6. The number of carboxylic acid groups (broad SMARTS) is 1. The Morgan fingerprint density at radius 1 is 1.23 bits per heavy atom. The van der Waals surface area contributed by atoms with E-state index in [1.807, 2.05) is 0 Å². The Labute approximate surface area is 86.6 Å². The van der Waals surface area contributed by atoms with Crippen LogP contribution in [0, 0.1) is 0 Å². The third kappa shape index (κ3) is 3.28. The van der Waals surface area contributed by atoms with E-state index in [0.29, 0.717) is 0 Å². The van der Waals surface area contributed by atoms with Gasteiger partial charge in [-0.1, -0.05) is 23.2 Å². The maximum absolute atomic E-state index is 10.7. The molecule has 5 heteroatoms. The molecule has 13 heavy (non-hydrogen) atoms. The van der Waals surface area contributed by atoms with Gasteiger partial charge in [0.1, 0.15) is 11.3 Å². The highest BCUT2D eigenvalue weighted by Gasteiger charge is 2.18. The Bertz CT molecular complexity index is 271. The first-order valence-corrected chi connectivity index (χ1v) is 4.17. The molecule has 0 spiro atoms. The van der Waals surface area contributed by atoms with E-state index in [1.54, 1.807) is 0 Å². The van der Waals surface area contributed by atoms with Gasteiger partial charge in [0, 0.05) is 5.03 Å². The average molecular weight is 225 g/mol. The molecule has 1 N–H and O–H groups in total. The minimum Gasteiger partial charge on any atom is -0.495 e. The first kappa shape index (κ1) is 12.3. The molecule has 0 fully saturated rings. The number of halogens is 2. The number of ether oxygens (including phenoxy) is 1.